The van der Waals surface area contributed by atoms with Crippen molar-refractivity contribution in [2.75, 3.05) is 0 Å². The predicted molar refractivity (Wildman–Crippen MR) is 62.1 cm³/mol. The minimum Gasteiger partial charge on any atom is -0.411 e. The molecule has 2 nitrogen and oxygen atoms in total. The Labute approximate surface area is 89.1 Å². The number of hydrogen-bond donors (Lipinski definition) is 0. The molecule has 0 aromatic heterocycles. The van der Waals surface area contributed by atoms with Gasteiger partial charge in [-0.15, -0.1) is 0 Å². The summed E-state index contributed by atoms with van der Waals surface area (Å²) in [5.74, 6) is 0. The van der Waals surface area contributed by atoms with Crippen molar-refractivity contribution in [3.05, 3.63) is 0 Å². The largest absolute Gasteiger partial charge is 0.411 e. The van der Waals surface area contributed by atoms with Crippen LogP contribution in [0.2, 0.25) is 18.1 Å². The summed E-state index contributed by atoms with van der Waals surface area (Å²) >= 11 is 0. The molecule has 0 saturated carbocycles. The fourth-order valence-electron chi connectivity index (χ4n) is 1.40. The first kappa shape index (κ1) is 12.2. The Morgan fingerprint density at radius 3 is 2.00 bits per heavy atom. The van der Waals surface area contributed by atoms with E-state index in [0.717, 1.165) is 0 Å². The Morgan fingerprint density at radius 2 is 1.71 bits per heavy atom. The van der Waals surface area contributed by atoms with E-state index >= 15 is 0 Å². The molecule has 0 radical (unpaired) electrons. The van der Waals surface area contributed by atoms with Gasteiger partial charge in [-0.25, -0.2) is 0 Å². The average Bonchev–Trinajstić information content (AvgIpc) is 2.63. The Kier molecular flexibility index (Phi) is 3.15. The lowest BCUT2D eigenvalue weighted by Crippen LogP contribution is -2.44. The number of hydrogen-bond acceptors (Lipinski definition) is 2. The molecule has 0 aliphatic carbocycles. The highest BCUT2D eigenvalue weighted by Crippen LogP contribution is 2.39. The second-order valence-corrected chi connectivity index (χ2v) is 10.6. The molecule has 0 unspecified atom stereocenters. The highest BCUT2D eigenvalue weighted by molar-refractivity contribution is 6.74. The van der Waals surface area contributed by atoms with E-state index in [9.17, 15) is 0 Å². The van der Waals surface area contributed by atoms with Crippen LogP contribution in [-0.4, -0.2) is 26.6 Å². The molecular formula is C11H24O2Si. The summed E-state index contributed by atoms with van der Waals surface area (Å²) in [6.07, 6.45) is 0.991. The van der Waals surface area contributed by atoms with E-state index in [1.165, 1.54) is 0 Å². The van der Waals surface area contributed by atoms with Gasteiger partial charge in [0, 0.05) is 0 Å². The van der Waals surface area contributed by atoms with Crippen LogP contribution in [0.3, 0.4) is 0 Å². The lowest BCUT2D eigenvalue weighted by atomic mass is 10.2. The molecule has 0 bridgehead atoms. The van der Waals surface area contributed by atoms with Crippen molar-refractivity contribution in [2.45, 2.75) is 71.1 Å². The van der Waals surface area contributed by atoms with Crippen LogP contribution in [0.5, 0.6) is 0 Å². The lowest BCUT2D eigenvalue weighted by Gasteiger charge is -2.38. The van der Waals surface area contributed by atoms with Crippen LogP contribution < -0.4 is 0 Å². The topological polar surface area (TPSA) is 21.8 Å². The van der Waals surface area contributed by atoms with Crippen molar-refractivity contribution < 1.29 is 9.16 Å². The standard InChI is InChI=1S/C11H24O2Si/c1-8-10(12-8)9(2)13-14(6,7)11(3,4)5/h8-10H,1-7H3/t8-,9-,10+/m1/s1. The van der Waals surface area contributed by atoms with Crippen LogP contribution in [0.1, 0.15) is 34.6 Å². The molecule has 3 atom stereocenters. The molecule has 1 saturated heterocycles. The van der Waals surface area contributed by atoms with Crippen LogP contribution in [0.15, 0.2) is 0 Å². The number of epoxide rings is 1. The van der Waals surface area contributed by atoms with Gasteiger partial charge in [0.05, 0.1) is 12.2 Å². The van der Waals surface area contributed by atoms with Crippen LogP contribution in [0, 0.1) is 0 Å². The van der Waals surface area contributed by atoms with Gasteiger partial charge < -0.3 is 9.16 Å². The summed E-state index contributed by atoms with van der Waals surface area (Å²) < 4.78 is 11.6. The smallest absolute Gasteiger partial charge is 0.192 e. The zero-order chi connectivity index (χ0) is 11.1. The van der Waals surface area contributed by atoms with Gasteiger partial charge in [0.15, 0.2) is 8.32 Å². The monoisotopic (exact) mass is 216 g/mol. The maximum atomic E-state index is 6.21. The molecule has 1 fully saturated rings. The van der Waals surface area contributed by atoms with Crippen LogP contribution in [-0.2, 0) is 9.16 Å². The van der Waals surface area contributed by atoms with Gasteiger partial charge in [-0.3, -0.25) is 0 Å². The predicted octanol–water partition coefficient (Wildman–Crippen LogP) is 3.18. The van der Waals surface area contributed by atoms with Crippen molar-refractivity contribution in [3.63, 3.8) is 0 Å². The molecule has 0 N–H and O–H groups in total. The fourth-order valence-corrected chi connectivity index (χ4v) is 2.82. The van der Waals surface area contributed by atoms with Crippen molar-refractivity contribution >= 4 is 8.32 Å². The molecule has 1 heterocycles. The van der Waals surface area contributed by atoms with Crippen molar-refractivity contribution in [1.82, 2.24) is 0 Å². The van der Waals surface area contributed by atoms with Gasteiger partial charge in [0.25, 0.3) is 0 Å². The quantitative estimate of drug-likeness (QED) is 0.534. The maximum absolute atomic E-state index is 6.21. The minimum atomic E-state index is -1.60. The highest BCUT2D eigenvalue weighted by Gasteiger charge is 2.45. The normalized spacial score (nSPS) is 30.2. The highest BCUT2D eigenvalue weighted by atomic mass is 28.4. The molecule has 1 aliphatic rings. The van der Waals surface area contributed by atoms with E-state index in [1.54, 1.807) is 0 Å². The Balaban J connectivity index is 2.50. The Morgan fingerprint density at radius 1 is 1.29 bits per heavy atom. The summed E-state index contributed by atoms with van der Waals surface area (Å²) in [5.41, 5.74) is 0. The molecular weight excluding hydrogens is 192 g/mol. The number of ether oxygens (including phenoxy) is 1. The van der Waals surface area contributed by atoms with E-state index in [1.807, 2.05) is 0 Å². The third-order valence-electron chi connectivity index (χ3n) is 3.51. The summed E-state index contributed by atoms with van der Waals surface area (Å²) in [4.78, 5) is 0. The molecule has 14 heavy (non-hydrogen) atoms. The van der Waals surface area contributed by atoms with E-state index < -0.39 is 8.32 Å². The van der Waals surface area contributed by atoms with Gasteiger partial charge in [-0.2, -0.15) is 0 Å². The van der Waals surface area contributed by atoms with Crippen LogP contribution in [0.25, 0.3) is 0 Å². The molecule has 0 aromatic rings. The molecule has 84 valence electrons. The summed E-state index contributed by atoms with van der Waals surface area (Å²) in [6.45, 7) is 15.6. The second-order valence-electron chi connectivity index (χ2n) is 5.89. The molecule has 3 heteroatoms. The summed E-state index contributed by atoms with van der Waals surface area (Å²) in [5, 5.41) is 0.291. The Hall–Kier alpha value is 0.137. The van der Waals surface area contributed by atoms with Crippen LogP contribution >= 0.6 is 0 Å². The Bertz CT molecular complexity index is 208. The van der Waals surface area contributed by atoms with E-state index in [-0.39, 0.29) is 6.10 Å². The van der Waals surface area contributed by atoms with E-state index in [0.29, 0.717) is 17.2 Å². The van der Waals surface area contributed by atoms with Gasteiger partial charge >= 0.3 is 0 Å². The minimum absolute atomic E-state index is 0.255. The third kappa shape index (κ3) is 2.58. The molecule has 0 spiro atoms. The first-order valence-electron chi connectivity index (χ1n) is 5.48. The SMILES string of the molecule is C[C@H]1O[C@@H]1[C@@H](C)O[Si](C)(C)C(C)(C)C. The third-order valence-corrected chi connectivity index (χ3v) is 8.08. The molecule has 1 rings (SSSR count). The first-order valence-corrected chi connectivity index (χ1v) is 8.39. The second kappa shape index (κ2) is 3.61. The van der Waals surface area contributed by atoms with Gasteiger partial charge in [0.1, 0.15) is 6.10 Å². The van der Waals surface area contributed by atoms with E-state index in [2.05, 4.69) is 47.7 Å². The maximum Gasteiger partial charge on any atom is 0.192 e. The summed E-state index contributed by atoms with van der Waals surface area (Å²) in [6, 6.07) is 0. The van der Waals surface area contributed by atoms with Crippen molar-refractivity contribution in [1.29, 1.82) is 0 Å². The van der Waals surface area contributed by atoms with Crippen molar-refractivity contribution in [3.8, 4) is 0 Å². The van der Waals surface area contributed by atoms with Gasteiger partial charge in [-0.05, 0) is 32.0 Å². The molecule has 0 aromatic carbocycles. The first-order chi connectivity index (χ1) is 6.15. The van der Waals surface area contributed by atoms with Gasteiger partial charge in [-0.1, -0.05) is 20.8 Å². The number of rotatable bonds is 3. The molecule has 0 amide bonds. The average molecular weight is 216 g/mol. The zero-order valence-electron chi connectivity index (χ0n) is 10.5. The van der Waals surface area contributed by atoms with E-state index in [4.69, 9.17) is 9.16 Å². The zero-order valence-corrected chi connectivity index (χ0v) is 11.5. The van der Waals surface area contributed by atoms with Gasteiger partial charge in [0.2, 0.25) is 0 Å². The van der Waals surface area contributed by atoms with Crippen LogP contribution in [0.4, 0.5) is 0 Å². The lowest BCUT2D eigenvalue weighted by molar-refractivity contribution is 0.159. The van der Waals surface area contributed by atoms with Crippen molar-refractivity contribution in [2.24, 2.45) is 0 Å². The fraction of sp³-hybridized carbons (Fsp3) is 1.00. The summed E-state index contributed by atoms with van der Waals surface area (Å²) in [7, 11) is -1.60. The molecule has 1 aliphatic heterocycles.